The number of aromatic nitrogens is 2. The summed E-state index contributed by atoms with van der Waals surface area (Å²) in [6.07, 6.45) is 5.28. The molecule has 0 radical (unpaired) electrons. The first-order valence-corrected chi connectivity index (χ1v) is 9.78. The van der Waals surface area contributed by atoms with Crippen LogP contribution in [0.25, 0.3) is 0 Å². The lowest BCUT2D eigenvalue weighted by Crippen LogP contribution is -2.20. The molecule has 0 amide bonds. The van der Waals surface area contributed by atoms with Crippen LogP contribution in [0.2, 0.25) is 0 Å². The molecular weight excluding hydrogens is 324 g/mol. The Kier molecular flexibility index (Phi) is 3.77. The van der Waals surface area contributed by atoms with Crippen molar-refractivity contribution in [1.29, 1.82) is 0 Å². The van der Waals surface area contributed by atoms with Crippen LogP contribution < -0.4 is 10.0 Å². The van der Waals surface area contributed by atoms with Gasteiger partial charge in [-0.3, -0.25) is 0 Å². The highest BCUT2D eigenvalue weighted by molar-refractivity contribution is 7.89. The lowest BCUT2D eigenvalue weighted by atomic mass is 10.1. The van der Waals surface area contributed by atoms with Crippen molar-refractivity contribution in [2.75, 3.05) is 18.0 Å². The minimum absolute atomic E-state index is 0.154. The maximum Gasteiger partial charge on any atom is 0.238 e. The van der Waals surface area contributed by atoms with Crippen LogP contribution in [-0.2, 0) is 10.0 Å². The highest BCUT2D eigenvalue weighted by atomic mass is 32.2. The first kappa shape index (κ1) is 15.5. The molecule has 1 aromatic carbocycles. The van der Waals surface area contributed by atoms with E-state index in [1.807, 2.05) is 24.4 Å². The molecule has 24 heavy (non-hydrogen) atoms. The van der Waals surface area contributed by atoms with Gasteiger partial charge < -0.3 is 4.90 Å². The zero-order chi connectivity index (χ0) is 16.7. The predicted molar refractivity (Wildman–Crippen MR) is 91.4 cm³/mol. The summed E-state index contributed by atoms with van der Waals surface area (Å²) >= 11 is 0. The number of benzene rings is 1. The van der Waals surface area contributed by atoms with Crippen molar-refractivity contribution in [1.82, 2.24) is 9.97 Å². The van der Waals surface area contributed by atoms with Gasteiger partial charge in [-0.25, -0.2) is 23.5 Å². The number of sulfonamides is 1. The minimum atomic E-state index is -3.63. The molecule has 0 bridgehead atoms. The van der Waals surface area contributed by atoms with Gasteiger partial charge in [-0.1, -0.05) is 12.1 Å². The Bertz CT molecular complexity index is 845. The van der Waals surface area contributed by atoms with Crippen LogP contribution in [0.5, 0.6) is 0 Å². The summed E-state index contributed by atoms with van der Waals surface area (Å²) in [6, 6.07) is 8.86. The molecular formula is C17H20N4O2S. The Hall–Kier alpha value is -1.99. The van der Waals surface area contributed by atoms with Crippen LogP contribution in [-0.4, -0.2) is 31.5 Å². The second-order valence-corrected chi connectivity index (χ2v) is 8.10. The average Bonchev–Trinajstić information content (AvgIpc) is 3.19. The van der Waals surface area contributed by atoms with E-state index < -0.39 is 10.0 Å². The number of nitrogens with zero attached hydrogens (tertiary/aromatic N) is 3. The highest BCUT2D eigenvalue weighted by Gasteiger charge is 2.41. The molecule has 2 aromatic rings. The van der Waals surface area contributed by atoms with Crippen LogP contribution in [0, 0.1) is 0 Å². The summed E-state index contributed by atoms with van der Waals surface area (Å²) < 4.78 is 22.7. The molecule has 126 valence electrons. The van der Waals surface area contributed by atoms with Gasteiger partial charge in [-0.05, 0) is 48.9 Å². The molecule has 0 spiro atoms. The molecule has 1 aromatic heterocycles. The van der Waals surface area contributed by atoms with Gasteiger partial charge in [0.15, 0.2) is 0 Å². The Morgan fingerprint density at radius 2 is 1.75 bits per heavy atom. The molecule has 0 unspecified atom stereocenters. The molecule has 2 N–H and O–H groups in total. The third-order valence-corrected chi connectivity index (χ3v) is 5.79. The number of nitrogens with two attached hydrogens (primary N) is 1. The molecule has 2 aliphatic rings. The normalized spacial score (nSPS) is 23.5. The lowest BCUT2D eigenvalue weighted by molar-refractivity contribution is 0.598. The maximum absolute atomic E-state index is 11.3. The molecule has 2 atom stereocenters. The number of rotatable bonds is 4. The van der Waals surface area contributed by atoms with E-state index in [4.69, 9.17) is 10.1 Å². The smallest absolute Gasteiger partial charge is 0.238 e. The third-order valence-electron chi connectivity index (χ3n) is 4.86. The molecule has 4 rings (SSSR count). The average molecular weight is 344 g/mol. The van der Waals surface area contributed by atoms with Gasteiger partial charge in [0, 0.05) is 30.9 Å². The van der Waals surface area contributed by atoms with Gasteiger partial charge in [0.2, 0.25) is 16.0 Å². The van der Waals surface area contributed by atoms with E-state index in [9.17, 15) is 8.42 Å². The molecule has 1 aliphatic carbocycles. The van der Waals surface area contributed by atoms with Crippen molar-refractivity contribution in [2.45, 2.75) is 36.0 Å². The molecule has 6 nitrogen and oxygen atoms in total. The summed E-state index contributed by atoms with van der Waals surface area (Å²) in [5.41, 5.74) is 2.21. The van der Waals surface area contributed by atoms with Crippen molar-refractivity contribution in [3.63, 3.8) is 0 Å². The third kappa shape index (κ3) is 3.01. The Balaban J connectivity index is 1.51. The quantitative estimate of drug-likeness (QED) is 0.916. The summed E-state index contributed by atoms with van der Waals surface area (Å²) in [4.78, 5) is 11.5. The largest absolute Gasteiger partial charge is 0.341 e. The van der Waals surface area contributed by atoms with Crippen molar-refractivity contribution in [3.8, 4) is 0 Å². The predicted octanol–water partition coefficient (Wildman–Crippen LogP) is 2.00. The van der Waals surface area contributed by atoms with Gasteiger partial charge in [-0.15, -0.1) is 0 Å². The van der Waals surface area contributed by atoms with Gasteiger partial charge in [0.1, 0.15) is 0 Å². The van der Waals surface area contributed by atoms with Crippen LogP contribution in [0.15, 0.2) is 41.4 Å². The topological polar surface area (TPSA) is 89.2 Å². The fourth-order valence-corrected chi connectivity index (χ4v) is 3.95. The second kappa shape index (κ2) is 5.82. The fraction of sp³-hybridized carbons (Fsp3) is 0.412. The van der Waals surface area contributed by atoms with Gasteiger partial charge >= 0.3 is 0 Å². The molecule has 2 fully saturated rings. The number of hydrogen-bond donors (Lipinski definition) is 1. The van der Waals surface area contributed by atoms with E-state index in [0.717, 1.165) is 36.7 Å². The van der Waals surface area contributed by atoms with E-state index in [-0.39, 0.29) is 4.90 Å². The molecule has 1 aliphatic heterocycles. The molecule has 1 saturated carbocycles. The van der Waals surface area contributed by atoms with Crippen molar-refractivity contribution in [2.24, 2.45) is 5.14 Å². The van der Waals surface area contributed by atoms with E-state index in [2.05, 4.69) is 9.88 Å². The fourth-order valence-electron chi connectivity index (χ4n) is 3.43. The molecule has 2 heterocycles. The lowest BCUT2D eigenvalue weighted by Gasteiger charge is -2.15. The van der Waals surface area contributed by atoms with E-state index in [1.165, 1.54) is 12.8 Å². The second-order valence-electron chi connectivity index (χ2n) is 6.54. The van der Waals surface area contributed by atoms with E-state index in [1.54, 1.807) is 12.1 Å². The standard InChI is InChI=1S/C17H20N4O2S/c18-24(22,23)13-5-3-12(4-6-13)14-11-15(14)16-7-8-19-17(20-16)21-9-1-2-10-21/h3-8,14-15H,1-2,9-11H2,(H2,18,22,23)/t14-,15+/m0/s1. The Morgan fingerprint density at radius 3 is 2.42 bits per heavy atom. The summed E-state index contributed by atoms with van der Waals surface area (Å²) in [5, 5.41) is 5.14. The van der Waals surface area contributed by atoms with Crippen LogP contribution in [0.3, 0.4) is 0 Å². The van der Waals surface area contributed by atoms with Crippen molar-refractivity contribution < 1.29 is 8.42 Å². The summed E-state index contributed by atoms with van der Waals surface area (Å²) in [7, 11) is -3.63. The van der Waals surface area contributed by atoms with Crippen LogP contribution in [0.4, 0.5) is 5.95 Å². The van der Waals surface area contributed by atoms with Gasteiger partial charge in [-0.2, -0.15) is 0 Å². The monoisotopic (exact) mass is 344 g/mol. The first-order chi connectivity index (χ1) is 11.5. The first-order valence-electron chi connectivity index (χ1n) is 8.23. The van der Waals surface area contributed by atoms with Crippen LogP contribution >= 0.6 is 0 Å². The van der Waals surface area contributed by atoms with Gasteiger partial charge in [0.05, 0.1) is 4.90 Å². The number of hydrogen-bond acceptors (Lipinski definition) is 5. The zero-order valence-corrected chi connectivity index (χ0v) is 14.1. The highest BCUT2D eigenvalue weighted by Crippen LogP contribution is 2.54. The maximum atomic E-state index is 11.3. The Morgan fingerprint density at radius 1 is 1.04 bits per heavy atom. The summed E-state index contributed by atoms with van der Waals surface area (Å²) in [6.45, 7) is 2.07. The summed E-state index contributed by atoms with van der Waals surface area (Å²) in [5.74, 6) is 1.61. The number of anilines is 1. The SMILES string of the molecule is NS(=O)(=O)c1ccc([C@@H]2C[C@H]2c2ccnc(N3CCCC3)n2)cc1. The van der Waals surface area contributed by atoms with E-state index in [0.29, 0.717) is 11.8 Å². The van der Waals surface area contributed by atoms with Crippen molar-refractivity contribution in [3.05, 3.63) is 47.8 Å². The van der Waals surface area contributed by atoms with Gasteiger partial charge in [0.25, 0.3) is 0 Å². The van der Waals surface area contributed by atoms with Crippen molar-refractivity contribution >= 4 is 16.0 Å². The minimum Gasteiger partial charge on any atom is -0.341 e. The van der Waals surface area contributed by atoms with Crippen LogP contribution in [0.1, 0.15) is 42.4 Å². The number of primary sulfonamides is 1. The zero-order valence-electron chi connectivity index (χ0n) is 13.3. The Labute approximate surface area is 141 Å². The van der Waals surface area contributed by atoms with E-state index >= 15 is 0 Å². The molecule has 7 heteroatoms. The molecule has 1 saturated heterocycles.